The summed E-state index contributed by atoms with van der Waals surface area (Å²) in [7, 11) is 0. The van der Waals surface area contributed by atoms with Gasteiger partial charge in [0.1, 0.15) is 11.9 Å². The van der Waals surface area contributed by atoms with Gasteiger partial charge in [0.05, 0.1) is 31.1 Å². The molecule has 0 saturated carbocycles. The second-order valence-electron chi connectivity index (χ2n) is 6.58. The molecular formula is C18H23BrN4O2. The second-order valence-corrected chi connectivity index (χ2v) is 7.50. The molecule has 3 rings (SSSR count). The molecule has 7 heteroatoms. The summed E-state index contributed by atoms with van der Waals surface area (Å²) in [6, 6.07) is 7.23. The summed E-state index contributed by atoms with van der Waals surface area (Å²) in [5, 5.41) is 0. The van der Waals surface area contributed by atoms with Crippen LogP contribution in [0.15, 0.2) is 34.9 Å². The predicted molar refractivity (Wildman–Crippen MR) is 99.8 cm³/mol. The summed E-state index contributed by atoms with van der Waals surface area (Å²) in [5.41, 5.74) is 8.02. The van der Waals surface area contributed by atoms with Crippen molar-refractivity contribution >= 4 is 21.8 Å². The number of aromatic amines is 1. The number of imidazole rings is 1. The van der Waals surface area contributed by atoms with E-state index in [1.807, 2.05) is 38.1 Å². The van der Waals surface area contributed by atoms with Crippen molar-refractivity contribution in [2.24, 2.45) is 11.7 Å². The number of nitrogens with two attached hydrogens (primary N) is 1. The van der Waals surface area contributed by atoms with Gasteiger partial charge < -0.3 is 20.4 Å². The van der Waals surface area contributed by atoms with Crippen molar-refractivity contribution in [3.05, 3.63) is 40.8 Å². The highest BCUT2D eigenvalue weighted by atomic mass is 79.9. The molecule has 1 saturated heterocycles. The van der Waals surface area contributed by atoms with E-state index in [1.54, 1.807) is 11.1 Å². The van der Waals surface area contributed by atoms with Crippen LogP contribution in [0.2, 0.25) is 0 Å². The topological polar surface area (TPSA) is 84.2 Å². The molecule has 3 N–H and O–H groups in total. The number of nitrogens with zero attached hydrogens (tertiary/aromatic N) is 2. The summed E-state index contributed by atoms with van der Waals surface area (Å²) < 4.78 is 6.61. The van der Waals surface area contributed by atoms with Crippen molar-refractivity contribution in [3.8, 4) is 11.3 Å². The van der Waals surface area contributed by atoms with Crippen molar-refractivity contribution < 1.29 is 9.53 Å². The molecule has 1 aliphatic heterocycles. The molecule has 25 heavy (non-hydrogen) atoms. The number of rotatable bonds is 4. The van der Waals surface area contributed by atoms with E-state index in [1.165, 1.54) is 0 Å². The third-order valence-corrected chi connectivity index (χ3v) is 5.01. The zero-order chi connectivity index (χ0) is 18.0. The number of benzene rings is 1. The molecular weight excluding hydrogens is 384 g/mol. The summed E-state index contributed by atoms with van der Waals surface area (Å²) in [6.45, 7) is 5.38. The first-order valence-corrected chi connectivity index (χ1v) is 9.21. The van der Waals surface area contributed by atoms with Crippen molar-refractivity contribution in [1.29, 1.82) is 0 Å². The molecule has 2 aromatic rings. The summed E-state index contributed by atoms with van der Waals surface area (Å²) >= 11 is 3.44. The van der Waals surface area contributed by atoms with E-state index in [0.717, 1.165) is 21.6 Å². The van der Waals surface area contributed by atoms with E-state index in [-0.39, 0.29) is 17.9 Å². The first-order chi connectivity index (χ1) is 12.0. The van der Waals surface area contributed by atoms with Gasteiger partial charge in [-0.2, -0.15) is 0 Å². The summed E-state index contributed by atoms with van der Waals surface area (Å²) in [6.07, 6.45) is 1.79. The number of ether oxygens (including phenoxy) is 1. The van der Waals surface area contributed by atoms with Gasteiger partial charge in [0.15, 0.2) is 0 Å². The maximum Gasteiger partial charge on any atom is 0.240 e. The van der Waals surface area contributed by atoms with Crippen LogP contribution in [0.3, 0.4) is 0 Å². The molecule has 1 aromatic heterocycles. The highest BCUT2D eigenvalue weighted by Gasteiger charge is 2.34. The lowest BCUT2D eigenvalue weighted by Gasteiger charge is -2.36. The number of nitrogens with one attached hydrogen (secondary N) is 1. The molecule has 0 radical (unpaired) electrons. The van der Waals surface area contributed by atoms with Crippen molar-refractivity contribution in [2.45, 2.75) is 25.9 Å². The van der Waals surface area contributed by atoms with E-state index < -0.39 is 6.04 Å². The molecule has 134 valence electrons. The summed E-state index contributed by atoms with van der Waals surface area (Å²) in [4.78, 5) is 22.4. The third kappa shape index (κ3) is 3.94. The van der Waals surface area contributed by atoms with Crippen LogP contribution in [-0.4, -0.2) is 46.6 Å². The van der Waals surface area contributed by atoms with Gasteiger partial charge in [0.25, 0.3) is 0 Å². The molecule has 2 unspecified atom stereocenters. The Hall–Kier alpha value is -1.70. The van der Waals surface area contributed by atoms with Gasteiger partial charge in [0.2, 0.25) is 5.91 Å². The van der Waals surface area contributed by atoms with Crippen LogP contribution >= 0.6 is 15.9 Å². The lowest BCUT2D eigenvalue weighted by molar-refractivity contribution is -0.143. The average Bonchev–Trinajstić information content (AvgIpc) is 3.11. The molecule has 1 aromatic carbocycles. The van der Waals surface area contributed by atoms with Crippen LogP contribution < -0.4 is 5.73 Å². The average molecular weight is 407 g/mol. The molecule has 0 spiro atoms. The first kappa shape index (κ1) is 18.1. The Morgan fingerprint density at radius 3 is 2.80 bits per heavy atom. The minimum atomic E-state index is -0.512. The molecule has 1 aliphatic rings. The lowest BCUT2D eigenvalue weighted by Crippen LogP contribution is -2.52. The molecule has 2 heterocycles. The summed E-state index contributed by atoms with van der Waals surface area (Å²) in [5.74, 6) is 0.762. The fraction of sp³-hybridized carbons (Fsp3) is 0.444. The second kappa shape index (κ2) is 7.68. The Morgan fingerprint density at radius 2 is 2.12 bits per heavy atom. The van der Waals surface area contributed by atoms with Crippen LogP contribution in [0.25, 0.3) is 11.3 Å². The van der Waals surface area contributed by atoms with Gasteiger partial charge in [-0.15, -0.1) is 0 Å². The number of aromatic nitrogens is 2. The van der Waals surface area contributed by atoms with Crippen LogP contribution in [0.5, 0.6) is 0 Å². The molecule has 1 amide bonds. The Kier molecular flexibility index (Phi) is 5.56. The van der Waals surface area contributed by atoms with Gasteiger partial charge in [-0.05, 0) is 23.6 Å². The minimum Gasteiger partial charge on any atom is -0.377 e. The van der Waals surface area contributed by atoms with E-state index in [9.17, 15) is 4.79 Å². The smallest absolute Gasteiger partial charge is 0.240 e. The molecule has 1 fully saturated rings. The lowest BCUT2D eigenvalue weighted by atomic mass is 10.0. The van der Waals surface area contributed by atoms with Gasteiger partial charge in [0, 0.05) is 11.0 Å². The van der Waals surface area contributed by atoms with E-state index >= 15 is 0 Å². The van der Waals surface area contributed by atoms with Crippen molar-refractivity contribution in [1.82, 2.24) is 14.9 Å². The Labute approximate surface area is 155 Å². The monoisotopic (exact) mass is 406 g/mol. The van der Waals surface area contributed by atoms with E-state index in [0.29, 0.717) is 19.8 Å². The number of halogens is 1. The Balaban J connectivity index is 1.83. The number of carbonyl (C=O) groups excluding carboxylic acids is 1. The van der Waals surface area contributed by atoms with Crippen LogP contribution in [-0.2, 0) is 9.53 Å². The normalized spacial score (nSPS) is 19.2. The number of amides is 1. The fourth-order valence-corrected chi connectivity index (χ4v) is 3.12. The van der Waals surface area contributed by atoms with Gasteiger partial charge >= 0.3 is 0 Å². The quantitative estimate of drug-likeness (QED) is 0.817. The van der Waals surface area contributed by atoms with Crippen molar-refractivity contribution in [3.63, 3.8) is 0 Å². The van der Waals surface area contributed by atoms with E-state index in [2.05, 4.69) is 25.9 Å². The predicted octanol–water partition coefficient (Wildman–Crippen LogP) is 2.72. The molecule has 6 nitrogen and oxygen atoms in total. The SMILES string of the molecule is CC(C)C(N)C(=O)N1CCOCC1c1ncc(-c2ccc(Br)cc2)[nH]1. The first-order valence-electron chi connectivity index (χ1n) is 8.42. The highest BCUT2D eigenvalue weighted by molar-refractivity contribution is 9.10. The third-order valence-electron chi connectivity index (χ3n) is 4.48. The molecule has 0 bridgehead atoms. The Bertz CT molecular complexity index is 729. The maximum absolute atomic E-state index is 12.7. The number of hydrogen-bond donors (Lipinski definition) is 2. The van der Waals surface area contributed by atoms with Crippen molar-refractivity contribution in [2.75, 3.05) is 19.8 Å². The zero-order valence-corrected chi connectivity index (χ0v) is 16.0. The maximum atomic E-state index is 12.7. The van der Waals surface area contributed by atoms with Gasteiger partial charge in [-0.3, -0.25) is 4.79 Å². The number of morpholine rings is 1. The number of hydrogen-bond acceptors (Lipinski definition) is 4. The van der Waals surface area contributed by atoms with Crippen LogP contribution in [0.1, 0.15) is 25.7 Å². The van der Waals surface area contributed by atoms with Gasteiger partial charge in [-0.1, -0.05) is 41.9 Å². The van der Waals surface area contributed by atoms with Crippen LogP contribution in [0, 0.1) is 5.92 Å². The van der Waals surface area contributed by atoms with Crippen LogP contribution in [0.4, 0.5) is 0 Å². The Morgan fingerprint density at radius 1 is 1.40 bits per heavy atom. The standard InChI is InChI=1S/C18H23BrN4O2/c1-11(2)16(20)18(24)23-7-8-25-10-15(23)17-21-9-14(22-17)12-3-5-13(19)6-4-12/h3-6,9,11,15-16H,7-8,10,20H2,1-2H3,(H,21,22). The van der Waals surface area contributed by atoms with Gasteiger partial charge in [-0.25, -0.2) is 4.98 Å². The number of carbonyl (C=O) groups is 1. The largest absolute Gasteiger partial charge is 0.377 e. The molecule has 0 aliphatic carbocycles. The van der Waals surface area contributed by atoms with E-state index in [4.69, 9.17) is 10.5 Å². The zero-order valence-electron chi connectivity index (χ0n) is 14.4. The number of H-pyrrole nitrogens is 1. The minimum absolute atomic E-state index is 0.0510. The fourth-order valence-electron chi connectivity index (χ4n) is 2.85. The molecule has 2 atom stereocenters. The highest BCUT2D eigenvalue weighted by Crippen LogP contribution is 2.26.